The van der Waals surface area contributed by atoms with Crippen molar-refractivity contribution < 1.29 is 10.2 Å². The topological polar surface area (TPSA) is 40.5 Å². The Labute approximate surface area is 187 Å². The van der Waals surface area contributed by atoms with Gasteiger partial charge < -0.3 is 10.2 Å². The Bertz CT molecular complexity index is 746. The molecule has 0 saturated heterocycles. The number of rotatable bonds is 5. The summed E-state index contributed by atoms with van der Waals surface area (Å²) in [7, 11) is 0. The lowest BCUT2D eigenvalue weighted by Crippen LogP contribution is -2.35. The molecule has 0 aromatic heterocycles. The lowest BCUT2D eigenvalue weighted by atomic mass is 9.61. The number of aliphatic hydroxyl groups excluding tert-OH is 2. The van der Waals surface area contributed by atoms with Crippen LogP contribution >= 0.6 is 11.6 Å². The van der Waals surface area contributed by atoms with Crippen molar-refractivity contribution in [1.29, 1.82) is 0 Å². The largest absolute Gasteiger partial charge is 0.393 e. The first kappa shape index (κ1) is 22.4. The Morgan fingerprint density at radius 2 is 1.90 bits per heavy atom. The van der Waals surface area contributed by atoms with E-state index in [2.05, 4.69) is 44.7 Å². The van der Waals surface area contributed by atoms with Crippen LogP contribution in [0.25, 0.3) is 0 Å². The molecule has 2 nitrogen and oxygen atoms in total. The minimum Gasteiger partial charge on any atom is -0.393 e. The molecule has 4 aliphatic rings. The number of aliphatic hydroxyl groups is 2. The Morgan fingerprint density at radius 1 is 1.13 bits per heavy atom. The van der Waals surface area contributed by atoms with Crippen LogP contribution in [0, 0.1) is 29.1 Å². The minimum atomic E-state index is -0.611. The van der Waals surface area contributed by atoms with Crippen molar-refractivity contribution in [3.05, 3.63) is 47.6 Å². The number of fused-ring (bicyclic) bond motifs is 1. The Balaban J connectivity index is 1.48. The summed E-state index contributed by atoms with van der Waals surface area (Å²) in [5, 5.41) is 20.4. The van der Waals surface area contributed by atoms with Crippen LogP contribution in [0.5, 0.6) is 0 Å². The third-order valence-electron chi connectivity index (χ3n) is 8.61. The highest BCUT2D eigenvalue weighted by molar-refractivity contribution is 6.22. The summed E-state index contributed by atoms with van der Waals surface area (Å²) in [4.78, 5) is 0. The molecule has 0 aliphatic heterocycles. The summed E-state index contributed by atoms with van der Waals surface area (Å²) in [5.74, 6) is 2.64. The molecule has 4 aliphatic carbocycles. The molecule has 0 amide bonds. The van der Waals surface area contributed by atoms with Crippen molar-refractivity contribution in [2.45, 2.75) is 89.2 Å². The smallest absolute Gasteiger partial charge is 0.0811 e. The maximum absolute atomic E-state index is 10.1. The van der Waals surface area contributed by atoms with Crippen LogP contribution in [0.1, 0.15) is 71.6 Å². The third kappa shape index (κ3) is 4.52. The predicted molar refractivity (Wildman–Crippen MR) is 125 cm³/mol. The van der Waals surface area contributed by atoms with Gasteiger partial charge in [-0.15, -0.1) is 11.6 Å². The van der Waals surface area contributed by atoms with E-state index >= 15 is 0 Å². The quantitative estimate of drug-likeness (QED) is 0.394. The van der Waals surface area contributed by atoms with E-state index in [9.17, 15) is 10.2 Å². The van der Waals surface area contributed by atoms with Crippen LogP contribution < -0.4 is 0 Å². The molecule has 0 heterocycles. The lowest BCUT2D eigenvalue weighted by molar-refractivity contribution is 0.0862. The summed E-state index contributed by atoms with van der Waals surface area (Å²) < 4.78 is 0. The van der Waals surface area contributed by atoms with Crippen LogP contribution in [-0.4, -0.2) is 27.8 Å². The van der Waals surface area contributed by atoms with Crippen molar-refractivity contribution >= 4 is 11.6 Å². The van der Waals surface area contributed by atoms with Gasteiger partial charge in [0.1, 0.15) is 0 Å². The highest BCUT2D eigenvalue weighted by Gasteiger charge is 2.50. The van der Waals surface area contributed by atoms with Crippen LogP contribution in [0.15, 0.2) is 47.6 Å². The molecule has 7 atom stereocenters. The Kier molecular flexibility index (Phi) is 6.68. The van der Waals surface area contributed by atoms with Gasteiger partial charge >= 0.3 is 0 Å². The van der Waals surface area contributed by atoms with E-state index in [1.54, 1.807) is 5.57 Å². The zero-order chi connectivity index (χ0) is 21.5. The van der Waals surface area contributed by atoms with Crippen LogP contribution in [-0.2, 0) is 0 Å². The first-order valence-corrected chi connectivity index (χ1v) is 12.5. The normalized spacial score (nSPS) is 42.1. The molecule has 0 radical (unpaired) electrons. The van der Waals surface area contributed by atoms with E-state index in [0.717, 1.165) is 11.1 Å². The number of halogens is 1. The first-order chi connectivity index (χ1) is 14.3. The molecule has 4 rings (SSSR count). The van der Waals surface area contributed by atoms with Crippen molar-refractivity contribution in [2.75, 3.05) is 0 Å². The summed E-state index contributed by atoms with van der Waals surface area (Å²) >= 11 is 6.53. The molecule has 0 aromatic carbocycles. The molecule has 1 unspecified atom stereocenters. The average molecular weight is 431 g/mol. The first-order valence-electron chi connectivity index (χ1n) is 12.1. The van der Waals surface area contributed by atoms with Crippen molar-refractivity contribution in [2.24, 2.45) is 29.1 Å². The fraction of sp³-hybridized carbons (Fsp3) is 0.704. The lowest BCUT2D eigenvalue weighted by Gasteiger charge is -2.44. The maximum Gasteiger partial charge on any atom is 0.0811 e. The SMILES string of the molecule is C=C1C(=CC=C2CCC[C@@]3(C)C2CC[C@@H]3[C@H](C)C=C[C@H](Cl)C2CC2)C[C@@H](O)C[C@@H]1O. The molecular weight excluding hydrogens is 392 g/mol. The zero-order valence-electron chi connectivity index (χ0n) is 18.7. The Hall–Kier alpha value is -0.830. The van der Waals surface area contributed by atoms with E-state index in [4.69, 9.17) is 11.6 Å². The second-order valence-electron chi connectivity index (χ2n) is 10.7. The van der Waals surface area contributed by atoms with Gasteiger partial charge in [0, 0.05) is 6.42 Å². The van der Waals surface area contributed by atoms with Gasteiger partial charge in [0.05, 0.1) is 17.6 Å². The monoisotopic (exact) mass is 430 g/mol. The highest BCUT2D eigenvalue weighted by Crippen LogP contribution is 2.59. The van der Waals surface area contributed by atoms with E-state index < -0.39 is 12.2 Å². The van der Waals surface area contributed by atoms with Gasteiger partial charge in [0.15, 0.2) is 0 Å². The van der Waals surface area contributed by atoms with E-state index in [1.807, 2.05) is 0 Å². The predicted octanol–water partition coefficient (Wildman–Crippen LogP) is 6.34. The van der Waals surface area contributed by atoms with Crippen LogP contribution in [0.3, 0.4) is 0 Å². The van der Waals surface area contributed by atoms with E-state index in [1.165, 1.54) is 44.9 Å². The number of allylic oxidation sites excluding steroid dienone is 5. The minimum absolute atomic E-state index is 0.222. The molecule has 2 N–H and O–H groups in total. The summed E-state index contributed by atoms with van der Waals surface area (Å²) in [6.45, 7) is 8.97. The molecule has 0 spiro atoms. The number of alkyl halides is 1. The van der Waals surface area contributed by atoms with Crippen LogP contribution in [0.4, 0.5) is 0 Å². The summed E-state index contributed by atoms with van der Waals surface area (Å²) in [6, 6.07) is 0. The van der Waals surface area contributed by atoms with Crippen molar-refractivity contribution in [3.63, 3.8) is 0 Å². The van der Waals surface area contributed by atoms with Gasteiger partial charge in [-0.25, -0.2) is 0 Å². The van der Waals surface area contributed by atoms with Crippen molar-refractivity contribution in [1.82, 2.24) is 0 Å². The molecule has 4 fully saturated rings. The molecule has 0 aromatic rings. The standard InChI is InChI=1S/C27H39ClO2/c1-17(6-13-25(28)20-8-9-20)23-11-12-24-19(5-4-14-27(23,24)3)7-10-21-15-22(29)16-26(30)18(21)2/h6-7,10,13,17,20,22-26,29-30H,2,4-5,8-9,11-12,14-16H2,1,3H3/t17-,22-,23-,24?,25+,26+,27-/m1/s1. The van der Waals surface area contributed by atoms with Crippen LogP contribution in [0.2, 0.25) is 0 Å². The highest BCUT2D eigenvalue weighted by atomic mass is 35.5. The third-order valence-corrected chi connectivity index (χ3v) is 9.11. The maximum atomic E-state index is 10.1. The molecule has 166 valence electrons. The number of hydrogen-bond acceptors (Lipinski definition) is 2. The molecular formula is C27H39ClO2. The van der Waals surface area contributed by atoms with Gasteiger partial charge in [0.2, 0.25) is 0 Å². The Morgan fingerprint density at radius 3 is 2.63 bits per heavy atom. The second-order valence-corrected chi connectivity index (χ2v) is 11.2. The van der Waals surface area contributed by atoms with E-state index in [-0.39, 0.29) is 5.38 Å². The van der Waals surface area contributed by atoms with Gasteiger partial charge in [-0.1, -0.05) is 50.3 Å². The fourth-order valence-electron chi connectivity index (χ4n) is 6.60. The summed E-state index contributed by atoms with van der Waals surface area (Å²) in [5.41, 5.74) is 3.71. The molecule has 30 heavy (non-hydrogen) atoms. The zero-order valence-corrected chi connectivity index (χ0v) is 19.5. The number of hydrogen-bond donors (Lipinski definition) is 2. The average Bonchev–Trinajstić information content (AvgIpc) is 3.49. The van der Waals surface area contributed by atoms with Gasteiger partial charge in [-0.3, -0.25) is 0 Å². The van der Waals surface area contributed by atoms with Gasteiger partial charge in [-0.05, 0) is 91.6 Å². The van der Waals surface area contributed by atoms with Gasteiger partial charge in [-0.2, -0.15) is 0 Å². The van der Waals surface area contributed by atoms with Gasteiger partial charge in [0.25, 0.3) is 0 Å². The molecule has 3 heteroatoms. The van der Waals surface area contributed by atoms with E-state index in [0.29, 0.717) is 41.9 Å². The van der Waals surface area contributed by atoms with Crippen molar-refractivity contribution in [3.8, 4) is 0 Å². The molecule has 0 bridgehead atoms. The fourth-order valence-corrected chi connectivity index (χ4v) is 6.93. The summed E-state index contributed by atoms with van der Waals surface area (Å²) in [6.07, 6.45) is 17.9. The molecule has 4 saturated carbocycles. The second kappa shape index (κ2) is 8.96.